The highest BCUT2D eigenvalue weighted by Gasteiger charge is 2.09. The average molecular weight is 240 g/mol. The van der Waals surface area contributed by atoms with Gasteiger partial charge in [0.05, 0.1) is 0 Å². The molecule has 2 aromatic carbocycles. The first-order valence-electron chi connectivity index (χ1n) is 5.86. The molecule has 18 heavy (non-hydrogen) atoms. The Morgan fingerprint density at radius 3 is 2.06 bits per heavy atom. The van der Waals surface area contributed by atoms with Crippen molar-refractivity contribution in [3.05, 3.63) is 60.2 Å². The van der Waals surface area contributed by atoms with Gasteiger partial charge in [-0.25, -0.2) is 0 Å². The van der Waals surface area contributed by atoms with Gasteiger partial charge in [0.2, 0.25) is 5.91 Å². The monoisotopic (exact) mass is 240 g/mol. The van der Waals surface area contributed by atoms with Crippen LogP contribution in [0.3, 0.4) is 0 Å². The third-order valence-electron chi connectivity index (χ3n) is 2.87. The van der Waals surface area contributed by atoms with E-state index in [2.05, 4.69) is 12.1 Å². The summed E-state index contributed by atoms with van der Waals surface area (Å²) < 4.78 is 0. The number of amides is 1. The first kappa shape index (κ1) is 12.3. The molecule has 0 saturated heterocycles. The second kappa shape index (κ2) is 5.47. The summed E-state index contributed by atoms with van der Waals surface area (Å²) >= 11 is 0. The lowest BCUT2D eigenvalue weighted by atomic mass is 9.99. The van der Waals surface area contributed by atoms with Crippen LogP contribution in [0.15, 0.2) is 54.6 Å². The predicted molar refractivity (Wildman–Crippen MR) is 72.6 cm³/mol. The van der Waals surface area contributed by atoms with Crippen LogP contribution in [0.2, 0.25) is 0 Å². The van der Waals surface area contributed by atoms with Crippen molar-refractivity contribution in [3.63, 3.8) is 0 Å². The SMILES string of the molecule is NC(=O)C[C@H](N)c1ccc(-c2ccccc2)cc1. The molecular formula is C15H16N2O. The summed E-state index contributed by atoms with van der Waals surface area (Å²) in [6.45, 7) is 0. The van der Waals surface area contributed by atoms with E-state index < -0.39 is 0 Å². The minimum absolute atomic E-state index is 0.171. The van der Waals surface area contributed by atoms with Gasteiger partial charge in [-0.05, 0) is 16.7 Å². The fourth-order valence-corrected chi connectivity index (χ4v) is 1.89. The van der Waals surface area contributed by atoms with Crippen LogP contribution in [0.5, 0.6) is 0 Å². The molecule has 0 heterocycles. The predicted octanol–water partition coefficient (Wildman–Crippen LogP) is 2.23. The third kappa shape index (κ3) is 2.96. The molecule has 3 heteroatoms. The maximum atomic E-state index is 10.8. The molecule has 1 amide bonds. The Kier molecular flexibility index (Phi) is 3.75. The van der Waals surface area contributed by atoms with E-state index in [9.17, 15) is 4.79 Å². The van der Waals surface area contributed by atoms with E-state index in [4.69, 9.17) is 11.5 Å². The Morgan fingerprint density at radius 1 is 0.944 bits per heavy atom. The third-order valence-corrected chi connectivity index (χ3v) is 2.87. The first-order chi connectivity index (χ1) is 8.66. The van der Waals surface area contributed by atoms with Gasteiger partial charge >= 0.3 is 0 Å². The molecule has 0 aliphatic carbocycles. The number of rotatable bonds is 4. The zero-order valence-corrected chi connectivity index (χ0v) is 10.0. The molecule has 4 N–H and O–H groups in total. The van der Waals surface area contributed by atoms with Gasteiger partial charge in [-0.15, -0.1) is 0 Å². The molecule has 2 aromatic rings. The van der Waals surface area contributed by atoms with Crippen molar-refractivity contribution in [1.29, 1.82) is 0 Å². The molecule has 1 atom stereocenters. The maximum Gasteiger partial charge on any atom is 0.219 e. The zero-order chi connectivity index (χ0) is 13.0. The Balaban J connectivity index is 2.18. The second-order valence-corrected chi connectivity index (χ2v) is 4.26. The van der Waals surface area contributed by atoms with E-state index in [0.29, 0.717) is 0 Å². The summed E-state index contributed by atoms with van der Waals surface area (Å²) in [5, 5.41) is 0. The van der Waals surface area contributed by atoms with E-state index >= 15 is 0 Å². The summed E-state index contributed by atoms with van der Waals surface area (Å²) in [6, 6.07) is 17.7. The van der Waals surface area contributed by atoms with Gasteiger partial charge in [-0.3, -0.25) is 4.79 Å². The number of hydrogen-bond donors (Lipinski definition) is 2. The highest BCUT2D eigenvalue weighted by atomic mass is 16.1. The first-order valence-corrected chi connectivity index (χ1v) is 5.86. The number of hydrogen-bond acceptors (Lipinski definition) is 2. The van der Waals surface area contributed by atoms with Crippen molar-refractivity contribution >= 4 is 5.91 Å². The van der Waals surface area contributed by atoms with Crippen molar-refractivity contribution in [1.82, 2.24) is 0 Å². The molecule has 0 radical (unpaired) electrons. The molecule has 0 saturated carbocycles. The van der Waals surface area contributed by atoms with Crippen molar-refractivity contribution < 1.29 is 4.79 Å². The molecule has 0 spiro atoms. The van der Waals surface area contributed by atoms with Crippen LogP contribution in [-0.2, 0) is 4.79 Å². The summed E-state index contributed by atoms with van der Waals surface area (Å²) in [5.74, 6) is -0.380. The van der Waals surface area contributed by atoms with Crippen molar-refractivity contribution in [3.8, 4) is 11.1 Å². The highest BCUT2D eigenvalue weighted by molar-refractivity contribution is 5.74. The molecule has 0 bridgehead atoms. The summed E-state index contributed by atoms with van der Waals surface area (Å²) in [5.41, 5.74) is 14.2. The quantitative estimate of drug-likeness (QED) is 0.860. The Hall–Kier alpha value is -2.13. The minimum Gasteiger partial charge on any atom is -0.370 e. The summed E-state index contributed by atoms with van der Waals surface area (Å²) in [6.07, 6.45) is 0.171. The van der Waals surface area contributed by atoms with Gasteiger partial charge in [-0.2, -0.15) is 0 Å². The summed E-state index contributed by atoms with van der Waals surface area (Å²) in [7, 11) is 0. The fraction of sp³-hybridized carbons (Fsp3) is 0.133. The molecule has 0 aliphatic rings. The number of carbonyl (C=O) groups is 1. The van der Waals surface area contributed by atoms with Crippen molar-refractivity contribution in [2.75, 3.05) is 0 Å². The number of carbonyl (C=O) groups excluding carboxylic acids is 1. The normalized spacial score (nSPS) is 12.1. The van der Waals surface area contributed by atoms with Crippen LogP contribution < -0.4 is 11.5 Å². The van der Waals surface area contributed by atoms with Gasteiger partial charge in [0, 0.05) is 12.5 Å². The minimum atomic E-state index is -0.380. The van der Waals surface area contributed by atoms with Gasteiger partial charge in [-0.1, -0.05) is 54.6 Å². The molecule has 2 rings (SSSR count). The van der Waals surface area contributed by atoms with E-state index in [1.54, 1.807) is 0 Å². The van der Waals surface area contributed by atoms with E-state index in [1.165, 1.54) is 0 Å². The van der Waals surface area contributed by atoms with Crippen LogP contribution in [-0.4, -0.2) is 5.91 Å². The van der Waals surface area contributed by atoms with E-state index in [-0.39, 0.29) is 18.4 Å². The molecular weight excluding hydrogens is 224 g/mol. The van der Waals surface area contributed by atoms with Crippen LogP contribution in [0, 0.1) is 0 Å². The molecule has 0 aromatic heterocycles. The number of primary amides is 1. The number of benzene rings is 2. The lowest BCUT2D eigenvalue weighted by Gasteiger charge is -2.10. The molecule has 3 nitrogen and oxygen atoms in total. The average Bonchev–Trinajstić information content (AvgIpc) is 2.39. The molecule has 92 valence electrons. The van der Waals surface area contributed by atoms with Crippen LogP contribution >= 0.6 is 0 Å². The summed E-state index contributed by atoms with van der Waals surface area (Å²) in [4.78, 5) is 10.8. The maximum absolute atomic E-state index is 10.8. The van der Waals surface area contributed by atoms with Crippen LogP contribution in [0.25, 0.3) is 11.1 Å². The molecule has 0 aliphatic heterocycles. The molecule has 0 unspecified atom stereocenters. The topological polar surface area (TPSA) is 69.1 Å². The number of nitrogens with two attached hydrogens (primary N) is 2. The van der Waals surface area contributed by atoms with E-state index in [1.807, 2.05) is 42.5 Å². The lowest BCUT2D eigenvalue weighted by Crippen LogP contribution is -2.20. The van der Waals surface area contributed by atoms with Gasteiger partial charge in [0.25, 0.3) is 0 Å². The van der Waals surface area contributed by atoms with Crippen molar-refractivity contribution in [2.45, 2.75) is 12.5 Å². The fourth-order valence-electron chi connectivity index (χ4n) is 1.89. The van der Waals surface area contributed by atoms with Gasteiger partial charge in [0.15, 0.2) is 0 Å². The Bertz CT molecular complexity index is 520. The standard InChI is InChI=1S/C15H16N2O/c16-14(10-15(17)18)13-8-6-12(7-9-13)11-4-2-1-3-5-11/h1-9,14H,10,16H2,(H2,17,18)/t14-/m0/s1. The zero-order valence-electron chi connectivity index (χ0n) is 10.0. The Labute approximate surface area is 106 Å². The largest absolute Gasteiger partial charge is 0.370 e. The Morgan fingerprint density at radius 2 is 1.50 bits per heavy atom. The van der Waals surface area contributed by atoms with Crippen LogP contribution in [0.1, 0.15) is 18.0 Å². The smallest absolute Gasteiger partial charge is 0.219 e. The van der Waals surface area contributed by atoms with Crippen LogP contribution in [0.4, 0.5) is 0 Å². The van der Waals surface area contributed by atoms with E-state index in [0.717, 1.165) is 16.7 Å². The highest BCUT2D eigenvalue weighted by Crippen LogP contribution is 2.21. The van der Waals surface area contributed by atoms with Gasteiger partial charge < -0.3 is 11.5 Å². The van der Waals surface area contributed by atoms with Gasteiger partial charge in [0.1, 0.15) is 0 Å². The second-order valence-electron chi connectivity index (χ2n) is 4.26. The lowest BCUT2D eigenvalue weighted by molar-refractivity contribution is -0.118. The molecule has 0 fully saturated rings. The van der Waals surface area contributed by atoms with Crippen molar-refractivity contribution in [2.24, 2.45) is 11.5 Å².